The van der Waals surface area contributed by atoms with Gasteiger partial charge in [0.1, 0.15) is 11.9 Å². The lowest BCUT2D eigenvalue weighted by Gasteiger charge is -2.54. The highest BCUT2D eigenvalue weighted by molar-refractivity contribution is 5.78. The van der Waals surface area contributed by atoms with E-state index in [0.717, 1.165) is 49.4 Å². The molecular formula is C21H32O3. The average Bonchev–Trinajstić information content (AvgIpc) is 2.73. The molecule has 0 saturated heterocycles. The first-order valence-corrected chi connectivity index (χ1v) is 10.2. The topological polar surface area (TPSA) is 43.4 Å². The molecule has 0 amide bonds. The van der Waals surface area contributed by atoms with Gasteiger partial charge < -0.3 is 4.74 Å². The summed E-state index contributed by atoms with van der Waals surface area (Å²) in [5.74, 6) is 4.19. The van der Waals surface area contributed by atoms with Gasteiger partial charge in [0, 0.05) is 25.2 Å². The van der Waals surface area contributed by atoms with Gasteiger partial charge in [0.25, 0.3) is 0 Å². The van der Waals surface area contributed by atoms with Crippen LogP contribution in [0.4, 0.5) is 0 Å². The molecule has 7 unspecified atom stereocenters. The van der Waals surface area contributed by atoms with E-state index in [0.29, 0.717) is 11.7 Å². The molecule has 0 aromatic carbocycles. The van der Waals surface area contributed by atoms with E-state index in [2.05, 4.69) is 6.92 Å². The van der Waals surface area contributed by atoms with Crippen molar-refractivity contribution in [2.45, 2.75) is 84.2 Å². The SMILES string of the molecule is CC(=O)OC1CCC2C3CCC4CC(=O)CCCC4C3CCC12C. The van der Waals surface area contributed by atoms with Gasteiger partial charge in [0.15, 0.2) is 0 Å². The zero-order valence-corrected chi connectivity index (χ0v) is 15.3. The first-order chi connectivity index (χ1) is 11.5. The Balaban J connectivity index is 1.54. The van der Waals surface area contributed by atoms with Gasteiger partial charge in [-0.3, -0.25) is 9.59 Å². The number of fused-ring (bicyclic) bond motifs is 5. The Hall–Kier alpha value is -0.860. The quantitative estimate of drug-likeness (QED) is 0.663. The van der Waals surface area contributed by atoms with Crippen LogP contribution in [0.25, 0.3) is 0 Å². The number of ether oxygens (including phenoxy) is 1. The number of hydrogen-bond donors (Lipinski definition) is 0. The van der Waals surface area contributed by atoms with Crippen LogP contribution in [0.3, 0.4) is 0 Å². The number of Topliss-reactive ketones (excluding diaryl/α,β-unsaturated/α-hetero) is 1. The number of esters is 1. The molecule has 7 atom stereocenters. The molecule has 0 spiro atoms. The Morgan fingerprint density at radius 2 is 1.88 bits per heavy atom. The summed E-state index contributed by atoms with van der Waals surface area (Å²) in [6.07, 6.45) is 11.5. The second kappa shape index (κ2) is 6.14. The maximum absolute atomic E-state index is 12.0. The minimum Gasteiger partial charge on any atom is -0.462 e. The van der Waals surface area contributed by atoms with Crippen molar-refractivity contribution in [2.24, 2.45) is 35.0 Å². The van der Waals surface area contributed by atoms with Crippen molar-refractivity contribution in [3.05, 3.63) is 0 Å². The van der Waals surface area contributed by atoms with Gasteiger partial charge in [-0.1, -0.05) is 6.92 Å². The predicted octanol–water partition coefficient (Wildman–Crippen LogP) is 4.53. The first-order valence-electron chi connectivity index (χ1n) is 10.2. The van der Waals surface area contributed by atoms with Crippen molar-refractivity contribution < 1.29 is 14.3 Å². The van der Waals surface area contributed by atoms with Crippen LogP contribution in [0.5, 0.6) is 0 Å². The molecule has 0 radical (unpaired) electrons. The van der Waals surface area contributed by atoms with Crippen molar-refractivity contribution in [1.82, 2.24) is 0 Å². The standard InChI is InChI=1S/C21H32O3/c1-13(22)24-20-9-8-19-18-7-6-14-12-15(23)4-3-5-16(14)17(18)10-11-21(19,20)2/h14,16-20H,3-12H2,1-2H3. The normalized spacial score (nSPS) is 48.0. The maximum atomic E-state index is 12.0. The maximum Gasteiger partial charge on any atom is 0.302 e. The van der Waals surface area contributed by atoms with Gasteiger partial charge in [0.05, 0.1) is 0 Å². The molecule has 4 aliphatic rings. The Kier molecular flexibility index (Phi) is 4.25. The molecule has 0 aliphatic heterocycles. The molecule has 4 saturated carbocycles. The van der Waals surface area contributed by atoms with Crippen LogP contribution in [0.1, 0.15) is 78.1 Å². The van der Waals surface area contributed by atoms with E-state index in [1.54, 1.807) is 6.92 Å². The van der Waals surface area contributed by atoms with E-state index in [1.165, 1.54) is 38.5 Å². The molecule has 3 nitrogen and oxygen atoms in total. The van der Waals surface area contributed by atoms with E-state index >= 15 is 0 Å². The molecule has 3 heteroatoms. The zero-order valence-electron chi connectivity index (χ0n) is 15.3. The van der Waals surface area contributed by atoms with Crippen LogP contribution in [0, 0.1) is 35.0 Å². The van der Waals surface area contributed by atoms with Gasteiger partial charge in [-0.2, -0.15) is 0 Å². The van der Waals surface area contributed by atoms with Gasteiger partial charge >= 0.3 is 5.97 Å². The largest absolute Gasteiger partial charge is 0.462 e. The molecule has 24 heavy (non-hydrogen) atoms. The Labute approximate surface area is 145 Å². The number of ketones is 1. The summed E-state index contributed by atoms with van der Waals surface area (Å²) in [6, 6.07) is 0. The number of rotatable bonds is 1. The van der Waals surface area contributed by atoms with E-state index in [9.17, 15) is 9.59 Å². The molecule has 0 aromatic rings. The molecule has 0 N–H and O–H groups in total. The highest BCUT2D eigenvalue weighted by Crippen LogP contribution is 2.62. The lowest BCUT2D eigenvalue weighted by Crippen LogP contribution is -2.49. The summed E-state index contributed by atoms with van der Waals surface area (Å²) < 4.78 is 5.72. The van der Waals surface area contributed by atoms with Crippen LogP contribution in [-0.4, -0.2) is 17.9 Å². The minimum absolute atomic E-state index is 0.116. The van der Waals surface area contributed by atoms with E-state index < -0.39 is 0 Å². The molecule has 4 aliphatic carbocycles. The number of hydrogen-bond acceptors (Lipinski definition) is 3. The molecule has 0 heterocycles. The summed E-state index contributed by atoms with van der Waals surface area (Å²) in [6.45, 7) is 3.94. The Morgan fingerprint density at radius 3 is 2.67 bits per heavy atom. The van der Waals surface area contributed by atoms with Gasteiger partial charge in [-0.25, -0.2) is 0 Å². The zero-order chi connectivity index (χ0) is 16.9. The fourth-order valence-electron chi connectivity index (χ4n) is 7.21. The Bertz CT molecular complexity index is 527. The lowest BCUT2D eigenvalue weighted by atomic mass is 9.51. The van der Waals surface area contributed by atoms with E-state index in [-0.39, 0.29) is 17.5 Å². The molecule has 0 aromatic heterocycles. The van der Waals surface area contributed by atoms with Gasteiger partial charge in [-0.15, -0.1) is 0 Å². The molecule has 4 fully saturated rings. The first kappa shape index (κ1) is 16.6. The third kappa shape index (κ3) is 2.63. The average molecular weight is 332 g/mol. The van der Waals surface area contributed by atoms with E-state index in [4.69, 9.17) is 4.74 Å². The van der Waals surface area contributed by atoms with Crippen molar-refractivity contribution in [1.29, 1.82) is 0 Å². The second-order valence-corrected chi connectivity index (χ2v) is 9.29. The summed E-state index contributed by atoms with van der Waals surface area (Å²) in [4.78, 5) is 23.5. The summed E-state index contributed by atoms with van der Waals surface area (Å²) >= 11 is 0. The molecule has 0 bridgehead atoms. The predicted molar refractivity (Wildman–Crippen MR) is 92.3 cm³/mol. The van der Waals surface area contributed by atoms with Crippen LogP contribution in [0.2, 0.25) is 0 Å². The lowest BCUT2D eigenvalue weighted by molar-refractivity contribution is -0.157. The summed E-state index contributed by atoms with van der Waals surface area (Å²) in [5.41, 5.74) is 0.195. The van der Waals surface area contributed by atoms with Crippen LogP contribution >= 0.6 is 0 Å². The fraction of sp³-hybridized carbons (Fsp3) is 0.905. The highest BCUT2D eigenvalue weighted by atomic mass is 16.5. The Morgan fingerprint density at radius 1 is 1.04 bits per heavy atom. The van der Waals surface area contributed by atoms with Crippen molar-refractivity contribution in [3.63, 3.8) is 0 Å². The van der Waals surface area contributed by atoms with Gasteiger partial charge in [-0.05, 0) is 81.0 Å². The summed E-state index contributed by atoms with van der Waals surface area (Å²) in [7, 11) is 0. The van der Waals surface area contributed by atoms with Gasteiger partial charge in [0.2, 0.25) is 0 Å². The van der Waals surface area contributed by atoms with Crippen molar-refractivity contribution in [2.75, 3.05) is 0 Å². The van der Waals surface area contributed by atoms with Crippen molar-refractivity contribution >= 4 is 11.8 Å². The number of carbonyl (C=O) groups excluding carboxylic acids is 2. The monoisotopic (exact) mass is 332 g/mol. The minimum atomic E-state index is -0.116. The number of carbonyl (C=O) groups is 2. The summed E-state index contributed by atoms with van der Waals surface area (Å²) in [5, 5.41) is 0. The van der Waals surface area contributed by atoms with E-state index in [1.807, 2.05) is 0 Å². The molecular weight excluding hydrogens is 300 g/mol. The second-order valence-electron chi connectivity index (χ2n) is 9.29. The van der Waals surface area contributed by atoms with Crippen LogP contribution < -0.4 is 0 Å². The molecule has 134 valence electrons. The van der Waals surface area contributed by atoms with Crippen LogP contribution in [0.15, 0.2) is 0 Å². The fourth-order valence-corrected chi connectivity index (χ4v) is 7.21. The third-order valence-electron chi connectivity index (χ3n) is 8.22. The van der Waals surface area contributed by atoms with Crippen molar-refractivity contribution in [3.8, 4) is 0 Å². The highest BCUT2D eigenvalue weighted by Gasteiger charge is 2.57. The third-order valence-corrected chi connectivity index (χ3v) is 8.22. The van der Waals surface area contributed by atoms with Crippen LogP contribution in [-0.2, 0) is 14.3 Å². The smallest absolute Gasteiger partial charge is 0.302 e. The molecule has 4 rings (SSSR count).